The van der Waals surface area contributed by atoms with Gasteiger partial charge in [0.15, 0.2) is 0 Å². The van der Waals surface area contributed by atoms with Gasteiger partial charge in [-0.1, -0.05) is 0 Å². The molecule has 3 N–H and O–H groups in total. The molecule has 0 spiro atoms. The molecule has 0 atom stereocenters. The van der Waals surface area contributed by atoms with E-state index >= 15 is 0 Å². The van der Waals surface area contributed by atoms with Crippen LogP contribution in [0, 0.1) is 12.8 Å². The summed E-state index contributed by atoms with van der Waals surface area (Å²) >= 11 is 0. The van der Waals surface area contributed by atoms with Crippen molar-refractivity contribution in [3.63, 3.8) is 0 Å². The van der Waals surface area contributed by atoms with Gasteiger partial charge in [-0.05, 0) is 56.9 Å². The number of hydrogen-bond donors (Lipinski definition) is 3. The van der Waals surface area contributed by atoms with Gasteiger partial charge < -0.3 is 16.0 Å². The van der Waals surface area contributed by atoms with Gasteiger partial charge in [-0.2, -0.15) is 0 Å². The van der Waals surface area contributed by atoms with Crippen molar-refractivity contribution < 1.29 is 4.79 Å². The van der Waals surface area contributed by atoms with Crippen molar-refractivity contribution in [1.82, 2.24) is 9.97 Å². The van der Waals surface area contributed by atoms with Crippen molar-refractivity contribution >= 4 is 28.9 Å². The van der Waals surface area contributed by atoms with Crippen LogP contribution in [0.4, 0.5) is 23.0 Å². The quantitative estimate of drug-likeness (QED) is 0.723. The van der Waals surface area contributed by atoms with Crippen LogP contribution in [0.2, 0.25) is 0 Å². The Morgan fingerprint density at radius 1 is 1.12 bits per heavy atom. The predicted octanol–water partition coefficient (Wildman–Crippen LogP) is 3.70. The summed E-state index contributed by atoms with van der Waals surface area (Å²) < 4.78 is 0. The zero-order valence-corrected chi connectivity index (χ0v) is 14.1. The van der Waals surface area contributed by atoms with Crippen LogP contribution in [0.25, 0.3) is 0 Å². The molecule has 3 rings (SSSR count). The van der Waals surface area contributed by atoms with Gasteiger partial charge in [0.2, 0.25) is 5.91 Å². The van der Waals surface area contributed by atoms with E-state index < -0.39 is 0 Å². The van der Waals surface area contributed by atoms with E-state index in [9.17, 15) is 4.79 Å². The van der Waals surface area contributed by atoms with E-state index in [0.717, 1.165) is 29.6 Å². The number of amides is 1. The van der Waals surface area contributed by atoms with Gasteiger partial charge in [-0.15, -0.1) is 0 Å². The molecule has 2 aromatic rings. The number of aromatic nitrogens is 2. The molecule has 0 bridgehead atoms. The molecule has 0 radical (unpaired) electrons. The van der Waals surface area contributed by atoms with Crippen LogP contribution in [0.1, 0.15) is 32.0 Å². The van der Waals surface area contributed by atoms with Gasteiger partial charge in [0, 0.05) is 30.4 Å². The molecule has 0 unspecified atom stereocenters. The van der Waals surface area contributed by atoms with E-state index in [1.165, 1.54) is 12.8 Å². The summed E-state index contributed by atoms with van der Waals surface area (Å²) in [6.45, 7) is 4.70. The van der Waals surface area contributed by atoms with Crippen LogP contribution in [-0.4, -0.2) is 22.4 Å². The van der Waals surface area contributed by atoms with Crippen molar-refractivity contribution in [2.75, 3.05) is 22.5 Å². The third kappa shape index (κ3) is 4.68. The van der Waals surface area contributed by atoms with Crippen LogP contribution >= 0.6 is 0 Å². The summed E-state index contributed by atoms with van der Waals surface area (Å²) in [5.74, 6) is 2.94. The van der Waals surface area contributed by atoms with Crippen molar-refractivity contribution in [3.8, 4) is 0 Å². The number of anilines is 4. The van der Waals surface area contributed by atoms with Crippen molar-refractivity contribution in [2.24, 2.45) is 5.92 Å². The Kier molecular flexibility index (Phi) is 4.93. The number of carbonyl (C=O) groups is 1. The summed E-state index contributed by atoms with van der Waals surface area (Å²) in [4.78, 5) is 20.5. The third-order valence-corrected chi connectivity index (χ3v) is 3.81. The highest BCUT2D eigenvalue weighted by molar-refractivity contribution is 5.91. The Morgan fingerprint density at radius 3 is 2.46 bits per heavy atom. The van der Waals surface area contributed by atoms with Crippen LogP contribution in [0.3, 0.4) is 0 Å². The molecule has 1 aromatic heterocycles. The minimum atomic E-state index is 0.0971. The zero-order valence-electron chi connectivity index (χ0n) is 14.1. The summed E-state index contributed by atoms with van der Waals surface area (Å²) in [6, 6.07) is 9.52. The molecule has 126 valence electrons. The van der Waals surface area contributed by atoms with E-state index in [0.29, 0.717) is 18.2 Å². The maximum absolute atomic E-state index is 11.8. The van der Waals surface area contributed by atoms with Crippen LogP contribution in [0.5, 0.6) is 0 Å². The molecule has 24 heavy (non-hydrogen) atoms. The number of aryl methyl sites for hydroxylation is 1. The molecule has 1 heterocycles. The number of rotatable bonds is 7. The Morgan fingerprint density at radius 2 is 1.79 bits per heavy atom. The largest absolute Gasteiger partial charge is 0.370 e. The third-order valence-electron chi connectivity index (χ3n) is 3.81. The lowest BCUT2D eigenvalue weighted by atomic mass is 10.2. The Balaban J connectivity index is 1.62. The maximum atomic E-state index is 11.8. The fraction of sp³-hybridized carbons (Fsp3) is 0.389. The first kappa shape index (κ1) is 16.2. The van der Waals surface area contributed by atoms with Gasteiger partial charge >= 0.3 is 0 Å². The summed E-state index contributed by atoms with van der Waals surface area (Å²) in [6.07, 6.45) is 3.00. The Hall–Kier alpha value is -2.63. The number of nitrogens with zero attached hydrogens (tertiary/aromatic N) is 2. The number of nitrogens with one attached hydrogen (secondary N) is 3. The van der Waals surface area contributed by atoms with Crippen LogP contribution < -0.4 is 16.0 Å². The van der Waals surface area contributed by atoms with Crippen LogP contribution in [-0.2, 0) is 4.79 Å². The normalized spacial score (nSPS) is 13.4. The lowest BCUT2D eigenvalue weighted by Gasteiger charge is -2.10. The smallest absolute Gasteiger partial charge is 0.224 e. The molecule has 1 aliphatic carbocycles. The number of benzene rings is 1. The van der Waals surface area contributed by atoms with E-state index in [-0.39, 0.29) is 5.91 Å². The molecule has 1 saturated carbocycles. The van der Waals surface area contributed by atoms with Crippen molar-refractivity contribution in [3.05, 3.63) is 36.2 Å². The molecule has 6 heteroatoms. The van der Waals surface area contributed by atoms with E-state index in [4.69, 9.17) is 0 Å². The van der Waals surface area contributed by atoms with E-state index in [2.05, 4.69) is 25.9 Å². The van der Waals surface area contributed by atoms with Gasteiger partial charge in [0.1, 0.15) is 17.5 Å². The minimum Gasteiger partial charge on any atom is -0.370 e. The monoisotopic (exact) mass is 325 g/mol. The second-order valence-corrected chi connectivity index (χ2v) is 6.11. The summed E-state index contributed by atoms with van der Waals surface area (Å²) in [5, 5.41) is 9.39. The minimum absolute atomic E-state index is 0.0971. The second kappa shape index (κ2) is 7.29. The van der Waals surface area contributed by atoms with E-state index in [1.54, 1.807) is 0 Å². The second-order valence-electron chi connectivity index (χ2n) is 6.11. The molecule has 1 aliphatic rings. The first-order valence-electron chi connectivity index (χ1n) is 8.39. The highest BCUT2D eigenvalue weighted by atomic mass is 16.1. The average Bonchev–Trinajstić information content (AvgIpc) is 3.33. The molecule has 1 aromatic carbocycles. The molecule has 6 nitrogen and oxygen atoms in total. The fourth-order valence-corrected chi connectivity index (χ4v) is 2.48. The lowest BCUT2D eigenvalue weighted by Crippen LogP contribution is -2.11. The molecule has 1 fully saturated rings. The molecular weight excluding hydrogens is 302 g/mol. The topological polar surface area (TPSA) is 78.9 Å². The van der Waals surface area contributed by atoms with Gasteiger partial charge in [0.05, 0.1) is 0 Å². The molecular formula is C18H23N5O. The van der Waals surface area contributed by atoms with Crippen molar-refractivity contribution in [1.29, 1.82) is 0 Å². The fourth-order valence-electron chi connectivity index (χ4n) is 2.48. The molecule has 0 aliphatic heterocycles. The Labute approximate surface area is 142 Å². The predicted molar refractivity (Wildman–Crippen MR) is 96.6 cm³/mol. The standard InChI is InChI=1S/C18H23N5O/c1-3-19-16-11-17(21-12(2)20-16)22-14-6-8-15(9-7-14)23-18(24)10-13-4-5-13/h6-9,11,13H,3-5,10H2,1-2H3,(H,23,24)(H2,19,20,21,22). The zero-order chi connectivity index (χ0) is 16.9. The summed E-state index contributed by atoms with van der Waals surface area (Å²) in [7, 11) is 0. The molecule has 0 saturated heterocycles. The highest BCUT2D eigenvalue weighted by Crippen LogP contribution is 2.32. The average molecular weight is 325 g/mol. The van der Waals surface area contributed by atoms with E-state index in [1.807, 2.05) is 44.2 Å². The number of carbonyl (C=O) groups excluding carboxylic acids is 1. The van der Waals surface area contributed by atoms with Crippen LogP contribution in [0.15, 0.2) is 30.3 Å². The lowest BCUT2D eigenvalue weighted by molar-refractivity contribution is -0.116. The maximum Gasteiger partial charge on any atom is 0.224 e. The van der Waals surface area contributed by atoms with Crippen molar-refractivity contribution in [2.45, 2.75) is 33.1 Å². The summed E-state index contributed by atoms with van der Waals surface area (Å²) in [5.41, 5.74) is 1.73. The van der Waals surface area contributed by atoms with Gasteiger partial charge in [-0.3, -0.25) is 4.79 Å². The highest BCUT2D eigenvalue weighted by Gasteiger charge is 2.24. The SMILES string of the molecule is CCNc1cc(Nc2ccc(NC(=O)CC3CC3)cc2)nc(C)n1. The first-order valence-corrected chi connectivity index (χ1v) is 8.39. The molecule has 1 amide bonds. The number of hydrogen-bond acceptors (Lipinski definition) is 5. The van der Waals surface area contributed by atoms with Gasteiger partial charge in [0.25, 0.3) is 0 Å². The Bertz CT molecular complexity index is 710. The van der Waals surface area contributed by atoms with Gasteiger partial charge in [-0.25, -0.2) is 9.97 Å². The first-order chi connectivity index (χ1) is 11.6.